The summed E-state index contributed by atoms with van der Waals surface area (Å²) < 4.78 is 0. The number of aromatic hydroxyl groups is 1. The summed E-state index contributed by atoms with van der Waals surface area (Å²) in [6.07, 6.45) is 1.73. The number of aliphatic carboxylic acids is 1. The lowest BCUT2D eigenvalue weighted by atomic mass is 10.1. The number of nitrogens with one attached hydrogen (secondary N) is 1. The molecule has 1 aromatic carbocycles. The monoisotopic (exact) mass is 292 g/mol. The van der Waals surface area contributed by atoms with Crippen LogP contribution in [0.15, 0.2) is 36.9 Å². The maximum atomic E-state index is 12.0. The van der Waals surface area contributed by atoms with Gasteiger partial charge in [0.05, 0.1) is 0 Å². The molecule has 6 nitrogen and oxygen atoms in total. The third kappa shape index (κ3) is 5.18. The van der Waals surface area contributed by atoms with Crippen molar-refractivity contribution in [1.82, 2.24) is 10.2 Å². The Bertz CT molecular complexity index is 499. The van der Waals surface area contributed by atoms with Crippen molar-refractivity contribution in [2.45, 2.75) is 19.4 Å². The molecule has 0 radical (unpaired) electrons. The second-order valence-electron chi connectivity index (χ2n) is 4.54. The quantitative estimate of drug-likeness (QED) is 0.666. The number of benzene rings is 1. The minimum atomic E-state index is -1.11. The van der Waals surface area contributed by atoms with Gasteiger partial charge in [-0.2, -0.15) is 0 Å². The van der Waals surface area contributed by atoms with Crippen LogP contribution < -0.4 is 5.32 Å². The van der Waals surface area contributed by atoms with Gasteiger partial charge < -0.3 is 20.4 Å². The van der Waals surface area contributed by atoms with Crippen LogP contribution in [-0.4, -0.2) is 46.2 Å². The molecule has 1 aromatic rings. The Hall–Kier alpha value is -2.50. The minimum absolute atomic E-state index is 0.109. The topological polar surface area (TPSA) is 89.9 Å². The number of phenols is 1. The van der Waals surface area contributed by atoms with Gasteiger partial charge in [-0.1, -0.05) is 18.2 Å². The molecule has 0 aliphatic carbocycles. The van der Waals surface area contributed by atoms with Crippen molar-refractivity contribution in [2.24, 2.45) is 0 Å². The van der Waals surface area contributed by atoms with E-state index in [1.165, 1.54) is 17.0 Å². The molecule has 0 bridgehead atoms. The Kier molecular flexibility index (Phi) is 6.26. The van der Waals surface area contributed by atoms with Gasteiger partial charge in [0, 0.05) is 19.5 Å². The maximum Gasteiger partial charge on any atom is 0.326 e. The highest BCUT2D eigenvalue weighted by Gasteiger charge is 2.22. The molecule has 21 heavy (non-hydrogen) atoms. The Morgan fingerprint density at radius 2 is 2.00 bits per heavy atom. The van der Waals surface area contributed by atoms with Gasteiger partial charge in [-0.3, -0.25) is 0 Å². The van der Waals surface area contributed by atoms with Crippen molar-refractivity contribution in [1.29, 1.82) is 0 Å². The van der Waals surface area contributed by atoms with Crippen molar-refractivity contribution in [3.8, 4) is 5.75 Å². The smallest absolute Gasteiger partial charge is 0.326 e. The summed E-state index contributed by atoms with van der Waals surface area (Å²) in [4.78, 5) is 24.7. The number of carboxylic acid groups (broad SMARTS) is 1. The number of carbonyl (C=O) groups is 2. The van der Waals surface area contributed by atoms with Gasteiger partial charge in [-0.15, -0.1) is 6.58 Å². The molecule has 1 atom stereocenters. The molecule has 6 heteroatoms. The van der Waals surface area contributed by atoms with Crippen LogP contribution in [0.2, 0.25) is 0 Å². The highest BCUT2D eigenvalue weighted by atomic mass is 16.4. The van der Waals surface area contributed by atoms with E-state index in [-0.39, 0.29) is 12.2 Å². The molecular weight excluding hydrogens is 272 g/mol. The largest absolute Gasteiger partial charge is 0.508 e. The van der Waals surface area contributed by atoms with Gasteiger partial charge in [0.2, 0.25) is 0 Å². The molecule has 2 amide bonds. The van der Waals surface area contributed by atoms with E-state index in [4.69, 9.17) is 0 Å². The Morgan fingerprint density at radius 3 is 2.48 bits per heavy atom. The number of phenolic OH excluding ortho intramolecular Hbond substituents is 1. The van der Waals surface area contributed by atoms with E-state index in [9.17, 15) is 19.8 Å². The van der Waals surface area contributed by atoms with Crippen molar-refractivity contribution >= 4 is 12.0 Å². The van der Waals surface area contributed by atoms with E-state index in [2.05, 4.69) is 11.9 Å². The SMILES string of the molecule is C=CCN(CC)C(=O)N[C@H](Cc1ccc(O)cc1)C(=O)O. The third-order valence-electron chi connectivity index (χ3n) is 2.99. The lowest BCUT2D eigenvalue weighted by Gasteiger charge is -2.22. The summed E-state index contributed by atoms with van der Waals surface area (Å²) in [5.41, 5.74) is 0.715. The zero-order valence-corrected chi connectivity index (χ0v) is 12.0. The predicted molar refractivity (Wildman–Crippen MR) is 79.2 cm³/mol. The first kappa shape index (κ1) is 16.6. The van der Waals surface area contributed by atoms with E-state index in [0.29, 0.717) is 18.7 Å². The van der Waals surface area contributed by atoms with Crippen molar-refractivity contribution in [3.05, 3.63) is 42.5 Å². The fourth-order valence-electron chi connectivity index (χ4n) is 1.82. The van der Waals surface area contributed by atoms with Gasteiger partial charge in [-0.25, -0.2) is 9.59 Å². The number of hydrogen-bond donors (Lipinski definition) is 3. The molecular formula is C15H20N2O4. The third-order valence-corrected chi connectivity index (χ3v) is 2.99. The molecule has 3 N–H and O–H groups in total. The number of amides is 2. The van der Waals surface area contributed by atoms with Crippen LogP contribution in [-0.2, 0) is 11.2 Å². The van der Waals surface area contributed by atoms with Crippen molar-refractivity contribution in [3.63, 3.8) is 0 Å². The van der Waals surface area contributed by atoms with Crippen LogP contribution in [0.25, 0.3) is 0 Å². The van der Waals surface area contributed by atoms with E-state index in [1.807, 2.05) is 0 Å². The number of urea groups is 1. The normalized spacial score (nSPS) is 11.5. The number of nitrogens with zero attached hydrogens (tertiary/aromatic N) is 1. The van der Waals surface area contributed by atoms with Crippen molar-refractivity contribution < 1.29 is 19.8 Å². The van der Waals surface area contributed by atoms with Gasteiger partial charge in [0.1, 0.15) is 11.8 Å². The molecule has 0 aliphatic heterocycles. The highest BCUT2D eigenvalue weighted by Crippen LogP contribution is 2.11. The van der Waals surface area contributed by atoms with Crippen LogP contribution in [0, 0.1) is 0 Å². The number of carboxylic acids is 1. The average molecular weight is 292 g/mol. The second kappa shape index (κ2) is 7.94. The van der Waals surface area contributed by atoms with Crippen LogP contribution >= 0.6 is 0 Å². The number of rotatable bonds is 7. The fourth-order valence-corrected chi connectivity index (χ4v) is 1.82. The summed E-state index contributed by atoms with van der Waals surface area (Å²) in [5.74, 6) is -0.996. The zero-order chi connectivity index (χ0) is 15.8. The van der Waals surface area contributed by atoms with Gasteiger partial charge in [-0.05, 0) is 24.6 Å². The van der Waals surface area contributed by atoms with E-state index < -0.39 is 18.0 Å². The van der Waals surface area contributed by atoms with E-state index >= 15 is 0 Å². The van der Waals surface area contributed by atoms with Crippen LogP contribution in [0.4, 0.5) is 4.79 Å². The molecule has 0 aromatic heterocycles. The summed E-state index contributed by atoms with van der Waals surface area (Å²) in [6.45, 7) is 6.18. The zero-order valence-electron chi connectivity index (χ0n) is 12.0. The lowest BCUT2D eigenvalue weighted by Crippen LogP contribution is -2.48. The number of likely N-dealkylation sites (N-methyl/N-ethyl adjacent to an activating group) is 1. The number of carbonyl (C=O) groups excluding carboxylic acids is 1. The molecule has 1 rings (SSSR count). The first-order valence-corrected chi connectivity index (χ1v) is 6.65. The predicted octanol–water partition coefficient (Wildman–Crippen LogP) is 1.61. The van der Waals surface area contributed by atoms with E-state index in [0.717, 1.165) is 0 Å². The Morgan fingerprint density at radius 1 is 1.38 bits per heavy atom. The Labute approximate surface area is 123 Å². The average Bonchev–Trinajstić information content (AvgIpc) is 2.45. The molecule has 0 aliphatic rings. The minimum Gasteiger partial charge on any atom is -0.508 e. The van der Waals surface area contributed by atoms with Crippen LogP contribution in [0.5, 0.6) is 5.75 Å². The Balaban J connectivity index is 2.73. The molecule has 114 valence electrons. The van der Waals surface area contributed by atoms with Crippen LogP contribution in [0.3, 0.4) is 0 Å². The maximum absolute atomic E-state index is 12.0. The van der Waals surface area contributed by atoms with Crippen molar-refractivity contribution in [2.75, 3.05) is 13.1 Å². The first-order chi connectivity index (χ1) is 9.97. The van der Waals surface area contributed by atoms with Crippen LogP contribution in [0.1, 0.15) is 12.5 Å². The standard InChI is InChI=1S/C15H20N2O4/c1-3-9-17(4-2)15(21)16-13(14(19)20)10-11-5-7-12(18)8-6-11/h3,5-8,13,18H,1,4,9-10H2,2H3,(H,16,21)(H,19,20)/t13-/m1/s1. The molecule has 0 saturated heterocycles. The summed E-state index contributed by atoms with van der Waals surface area (Å²) in [5, 5.41) is 20.9. The fraction of sp³-hybridized carbons (Fsp3) is 0.333. The van der Waals surface area contributed by atoms with E-state index in [1.54, 1.807) is 25.1 Å². The van der Waals surface area contributed by atoms with Gasteiger partial charge in [0.25, 0.3) is 0 Å². The molecule has 0 fully saturated rings. The second-order valence-corrected chi connectivity index (χ2v) is 4.54. The summed E-state index contributed by atoms with van der Waals surface area (Å²) in [7, 11) is 0. The summed E-state index contributed by atoms with van der Waals surface area (Å²) >= 11 is 0. The number of hydrogen-bond acceptors (Lipinski definition) is 3. The lowest BCUT2D eigenvalue weighted by molar-refractivity contribution is -0.139. The first-order valence-electron chi connectivity index (χ1n) is 6.65. The molecule has 0 unspecified atom stereocenters. The molecule has 0 spiro atoms. The van der Waals surface area contributed by atoms with Gasteiger partial charge in [0.15, 0.2) is 0 Å². The molecule has 0 saturated carbocycles. The highest BCUT2D eigenvalue weighted by molar-refractivity contribution is 5.82. The van der Waals surface area contributed by atoms with Gasteiger partial charge >= 0.3 is 12.0 Å². The molecule has 0 heterocycles. The summed E-state index contributed by atoms with van der Waals surface area (Å²) in [6, 6.07) is 4.74.